The zero-order valence-electron chi connectivity index (χ0n) is 11.9. The van der Waals surface area contributed by atoms with Gasteiger partial charge in [0.25, 0.3) is 0 Å². The first-order valence-corrected chi connectivity index (χ1v) is 7.05. The third-order valence-electron chi connectivity index (χ3n) is 3.37. The van der Waals surface area contributed by atoms with Crippen LogP contribution in [0.15, 0.2) is 24.3 Å². The van der Waals surface area contributed by atoms with Gasteiger partial charge in [0.2, 0.25) is 0 Å². The lowest BCUT2D eigenvalue weighted by molar-refractivity contribution is 0.107. The molecule has 0 amide bonds. The zero-order chi connectivity index (χ0) is 13.5. The molecular weight excluding hydrogens is 222 g/mol. The summed E-state index contributed by atoms with van der Waals surface area (Å²) >= 11 is 0. The highest BCUT2D eigenvalue weighted by molar-refractivity contribution is 5.25. The van der Waals surface area contributed by atoms with E-state index in [1.165, 1.54) is 5.56 Å². The Morgan fingerprint density at radius 2 is 1.78 bits per heavy atom. The van der Waals surface area contributed by atoms with Crippen LogP contribution in [0.1, 0.15) is 50.8 Å². The Labute approximate surface area is 111 Å². The van der Waals surface area contributed by atoms with Crippen molar-refractivity contribution in [2.24, 2.45) is 17.6 Å². The van der Waals surface area contributed by atoms with Crippen molar-refractivity contribution in [3.05, 3.63) is 35.4 Å². The molecule has 0 aliphatic rings. The largest absolute Gasteiger partial charge is 0.388 e. The molecule has 0 radical (unpaired) electrons. The Morgan fingerprint density at radius 1 is 1.17 bits per heavy atom. The van der Waals surface area contributed by atoms with Crippen LogP contribution in [0.5, 0.6) is 0 Å². The van der Waals surface area contributed by atoms with Gasteiger partial charge in [-0.15, -0.1) is 0 Å². The maximum Gasteiger partial charge on any atom is 0.0830 e. The van der Waals surface area contributed by atoms with Gasteiger partial charge in [-0.1, -0.05) is 51.5 Å². The molecule has 0 fully saturated rings. The van der Waals surface area contributed by atoms with E-state index in [2.05, 4.69) is 32.9 Å². The first-order valence-electron chi connectivity index (χ1n) is 7.05. The topological polar surface area (TPSA) is 46.2 Å². The van der Waals surface area contributed by atoms with E-state index in [0.717, 1.165) is 24.8 Å². The molecule has 0 bridgehead atoms. The number of hydrogen-bond acceptors (Lipinski definition) is 2. The summed E-state index contributed by atoms with van der Waals surface area (Å²) in [7, 11) is 0. The molecule has 3 N–H and O–H groups in total. The van der Waals surface area contributed by atoms with Crippen molar-refractivity contribution in [1.29, 1.82) is 0 Å². The second kappa shape index (κ2) is 7.55. The summed E-state index contributed by atoms with van der Waals surface area (Å²) in [6, 6.07) is 8.33. The van der Waals surface area contributed by atoms with Gasteiger partial charge in [-0.3, -0.25) is 0 Å². The van der Waals surface area contributed by atoms with Crippen LogP contribution in [0, 0.1) is 11.8 Å². The molecule has 2 atom stereocenters. The fourth-order valence-corrected chi connectivity index (χ4v) is 2.37. The van der Waals surface area contributed by atoms with E-state index >= 15 is 0 Å². The van der Waals surface area contributed by atoms with Crippen molar-refractivity contribution in [3.8, 4) is 0 Å². The zero-order valence-corrected chi connectivity index (χ0v) is 11.9. The second-order valence-electron chi connectivity index (χ2n) is 5.57. The molecule has 0 heterocycles. The van der Waals surface area contributed by atoms with E-state index in [1.807, 2.05) is 12.1 Å². The molecular formula is C16H27NO. The van der Waals surface area contributed by atoms with Gasteiger partial charge in [0.15, 0.2) is 0 Å². The van der Waals surface area contributed by atoms with Crippen LogP contribution in [0.4, 0.5) is 0 Å². The predicted octanol–water partition coefficient (Wildman–Crippen LogP) is 3.29. The minimum atomic E-state index is -0.428. The highest BCUT2D eigenvalue weighted by atomic mass is 16.3. The number of aliphatic hydroxyl groups is 1. The monoisotopic (exact) mass is 249 g/mol. The average molecular weight is 249 g/mol. The quantitative estimate of drug-likeness (QED) is 0.779. The molecule has 0 aliphatic carbocycles. The van der Waals surface area contributed by atoms with E-state index in [0.29, 0.717) is 12.5 Å². The van der Waals surface area contributed by atoms with Crippen molar-refractivity contribution in [1.82, 2.24) is 0 Å². The third kappa shape index (κ3) is 4.43. The van der Waals surface area contributed by atoms with E-state index in [9.17, 15) is 5.11 Å². The first-order chi connectivity index (χ1) is 8.58. The normalized spacial score (nSPS) is 14.8. The molecule has 2 unspecified atom stereocenters. The van der Waals surface area contributed by atoms with Crippen LogP contribution in [0.25, 0.3) is 0 Å². The van der Waals surface area contributed by atoms with Crippen LogP contribution in [-0.2, 0) is 6.42 Å². The molecule has 0 spiro atoms. The molecule has 18 heavy (non-hydrogen) atoms. The Bertz CT molecular complexity index is 331. The van der Waals surface area contributed by atoms with E-state index < -0.39 is 6.10 Å². The van der Waals surface area contributed by atoms with Gasteiger partial charge in [-0.25, -0.2) is 0 Å². The summed E-state index contributed by atoms with van der Waals surface area (Å²) in [5.74, 6) is 0.837. The van der Waals surface area contributed by atoms with E-state index in [-0.39, 0.29) is 5.92 Å². The van der Waals surface area contributed by atoms with E-state index in [4.69, 9.17) is 5.73 Å². The first kappa shape index (κ1) is 15.2. The molecule has 1 aromatic carbocycles. The molecule has 0 saturated heterocycles. The maximum atomic E-state index is 10.3. The minimum Gasteiger partial charge on any atom is -0.388 e. The third-order valence-corrected chi connectivity index (χ3v) is 3.37. The predicted molar refractivity (Wildman–Crippen MR) is 77.4 cm³/mol. The lowest BCUT2D eigenvalue weighted by Gasteiger charge is -2.21. The summed E-state index contributed by atoms with van der Waals surface area (Å²) in [5.41, 5.74) is 8.06. The smallest absolute Gasteiger partial charge is 0.0830 e. The highest BCUT2D eigenvalue weighted by Gasteiger charge is 2.18. The summed E-state index contributed by atoms with van der Waals surface area (Å²) in [4.78, 5) is 0. The highest BCUT2D eigenvalue weighted by Crippen LogP contribution is 2.25. The molecule has 0 aliphatic heterocycles. The summed E-state index contributed by atoms with van der Waals surface area (Å²) in [6.45, 7) is 7.10. The van der Waals surface area contributed by atoms with Gasteiger partial charge in [0, 0.05) is 5.92 Å². The lowest BCUT2D eigenvalue weighted by Crippen LogP contribution is -2.21. The molecule has 0 saturated carbocycles. The number of rotatable bonds is 7. The van der Waals surface area contributed by atoms with Gasteiger partial charge < -0.3 is 10.8 Å². The SMILES string of the molecule is CCCC(CN)C(O)c1ccc(CC(C)C)cc1. The van der Waals surface area contributed by atoms with Gasteiger partial charge in [-0.2, -0.15) is 0 Å². The van der Waals surface area contributed by atoms with Crippen molar-refractivity contribution in [2.45, 2.75) is 46.1 Å². The van der Waals surface area contributed by atoms with Crippen molar-refractivity contribution >= 4 is 0 Å². The van der Waals surface area contributed by atoms with Crippen molar-refractivity contribution < 1.29 is 5.11 Å². The van der Waals surface area contributed by atoms with Gasteiger partial charge in [-0.05, 0) is 36.4 Å². The maximum absolute atomic E-state index is 10.3. The molecule has 1 rings (SSSR count). The van der Waals surface area contributed by atoms with Gasteiger partial charge in [0.05, 0.1) is 6.10 Å². The molecule has 2 nitrogen and oxygen atoms in total. The van der Waals surface area contributed by atoms with Crippen LogP contribution in [0.3, 0.4) is 0 Å². The Kier molecular flexibility index (Phi) is 6.37. The fraction of sp³-hybridized carbons (Fsp3) is 0.625. The summed E-state index contributed by atoms with van der Waals surface area (Å²) < 4.78 is 0. The van der Waals surface area contributed by atoms with Crippen LogP contribution >= 0.6 is 0 Å². The van der Waals surface area contributed by atoms with E-state index in [1.54, 1.807) is 0 Å². The van der Waals surface area contributed by atoms with Crippen LogP contribution < -0.4 is 5.73 Å². The Hall–Kier alpha value is -0.860. The number of aliphatic hydroxyl groups excluding tert-OH is 1. The summed E-state index contributed by atoms with van der Waals surface area (Å²) in [5, 5.41) is 10.3. The van der Waals surface area contributed by atoms with Gasteiger partial charge >= 0.3 is 0 Å². The average Bonchev–Trinajstić information content (AvgIpc) is 2.35. The molecule has 2 heteroatoms. The number of nitrogens with two attached hydrogens (primary N) is 1. The summed E-state index contributed by atoms with van der Waals surface area (Å²) in [6.07, 6.45) is 2.70. The standard InChI is InChI=1S/C16H27NO/c1-4-5-15(11-17)16(18)14-8-6-13(7-9-14)10-12(2)3/h6-9,12,15-16,18H,4-5,10-11,17H2,1-3H3. The number of hydrogen-bond donors (Lipinski definition) is 2. The number of benzene rings is 1. The molecule has 1 aromatic rings. The molecule has 0 aromatic heterocycles. The fourth-order valence-electron chi connectivity index (χ4n) is 2.37. The lowest BCUT2D eigenvalue weighted by atomic mass is 9.91. The van der Waals surface area contributed by atoms with Gasteiger partial charge in [0.1, 0.15) is 0 Å². The van der Waals surface area contributed by atoms with Crippen LogP contribution in [-0.4, -0.2) is 11.7 Å². The Morgan fingerprint density at radius 3 is 2.22 bits per heavy atom. The van der Waals surface area contributed by atoms with Crippen LogP contribution in [0.2, 0.25) is 0 Å². The second-order valence-corrected chi connectivity index (χ2v) is 5.57. The van der Waals surface area contributed by atoms with Crippen molar-refractivity contribution in [3.63, 3.8) is 0 Å². The van der Waals surface area contributed by atoms with Crippen molar-refractivity contribution in [2.75, 3.05) is 6.54 Å². The minimum absolute atomic E-state index is 0.172. The molecule has 102 valence electrons. The Balaban J connectivity index is 2.71.